The van der Waals surface area contributed by atoms with Gasteiger partial charge in [-0.3, -0.25) is 4.90 Å². The average Bonchev–Trinajstić information content (AvgIpc) is 3.06. The van der Waals surface area contributed by atoms with E-state index in [4.69, 9.17) is 4.74 Å². The minimum atomic E-state index is 0.639. The topological polar surface area (TPSA) is 28.6 Å². The second-order valence-corrected chi connectivity index (χ2v) is 6.74. The van der Waals surface area contributed by atoms with E-state index in [9.17, 15) is 0 Å². The van der Waals surface area contributed by atoms with Crippen LogP contribution in [0, 0.1) is 5.92 Å². The normalized spacial score (nSPS) is 23.9. The Bertz CT molecular complexity index is 634. The number of ether oxygens (including phenoxy) is 1. The lowest BCUT2D eigenvalue weighted by molar-refractivity contribution is 0.171. The molecule has 0 N–H and O–H groups in total. The molecule has 24 heavy (non-hydrogen) atoms. The Morgan fingerprint density at radius 1 is 1.00 bits per heavy atom. The lowest BCUT2D eigenvalue weighted by Crippen LogP contribution is -2.49. The molecular weight excluding hydrogens is 298 g/mol. The molecule has 126 valence electrons. The summed E-state index contributed by atoms with van der Waals surface area (Å²) in [6, 6.07) is 16.9. The average molecular weight is 323 g/mol. The molecule has 2 aliphatic heterocycles. The molecule has 1 aromatic carbocycles. The first-order chi connectivity index (χ1) is 11.9. The zero-order valence-electron chi connectivity index (χ0n) is 14.1. The molecule has 1 aromatic heterocycles. The van der Waals surface area contributed by atoms with E-state index in [0.29, 0.717) is 6.04 Å². The summed E-state index contributed by atoms with van der Waals surface area (Å²) < 4.78 is 5.89. The number of hydrogen-bond donors (Lipinski definition) is 0. The van der Waals surface area contributed by atoms with Gasteiger partial charge in [-0.05, 0) is 49.6 Å². The Kier molecular flexibility index (Phi) is 4.65. The molecule has 4 nitrogen and oxygen atoms in total. The van der Waals surface area contributed by atoms with Crippen LogP contribution in [0.25, 0.3) is 0 Å². The molecule has 0 saturated carbocycles. The number of rotatable bonds is 5. The van der Waals surface area contributed by atoms with Crippen molar-refractivity contribution in [2.75, 3.05) is 37.7 Å². The molecule has 0 radical (unpaired) electrons. The molecular formula is C20H25N3O. The molecule has 0 aliphatic carbocycles. The van der Waals surface area contributed by atoms with Gasteiger partial charge in [0.2, 0.25) is 0 Å². The maximum Gasteiger partial charge on any atom is 0.128 e. The maximum absolute atomic E-state index is 5.89. The second-order valence-electron chi connectivity index (χ2n) is 6.74. The standard InChI is InChI=1S/C20H25N3O/c1-2-6-18(7-3-1)24-15-14-22-12-9-17-10-13-23(16-19(17)22)20-8-4-5-11-21-20/h1-8,11,17,19H,9-10,12-16H2. The summed E-state index contributed by atoms with van der Waals surface area (Å²) >= 11 is 0. The Hall–Kier alpha value is -2.07. The third-order valence-corrected chi connectivity index (χ3v) is 5.34. The van der Waals surface area contributed by atoms with Gasteiger partial charge in [0.1, 0.15) is 18.2 Å². The van der Waals surface area contributed by atoms with E-state index in [0.717, 1.165) is 43.7 Å². The van der Waals surface area contributed by atoms with Crippen molar-refractivity contribution in [1.29, 1.82) is 0 Å². The second kappa shape index (κ2) is 7.22. The zero-order chi connectivity index (χ0) is 16.2. The highest BCUT2D eigenvalue weighted by Gasteiger charge is 2.38. The van der Waals surface area contributed by atoms with Crippen molar-refractivity contribution in [3.05, 3.63) is 54.7 Å². The fourth-order valence-electron chi connectivity index (χ4n) is 4.05. The van der Waals surface area contributed by atoms with Crippen molar-refractivity contribution in [2.24, 2.45) is 5.92 Å². The number of fused-ring (bicyclic) bond motifs is 1. The Morgan fingerprint density at radius 2 is 1.83 bits per heavy atom. The molecule has 2 aliphatic rings. The fraction of sp³-hybridized carbons (Fsp3) is 0.450. The predicted molar refractivity (Wildman–Crippen MR) is 96.5 cm³/mol. The molecule has 4 rings (SSSR count). The van der Waals surface area contributed by atoms with E-state index < -0.39 is 0 Å². The van der Waals surface area contributed by atoms with Gasteiger partial charge in [0.05, 0.1) is 0 Å². The zero-order valence-corrected chi connectivity index (χ0v) is 14.1. The number of aromatic nitrogens is 1. The van der Waals surface area contributed by atoms with Crippen molar-refractivity contribution in [3.8, 4) is 5.75 Å². The van der Waals surface area contributed by atoms with E-state index in [1.165, 1.54) is 19.4 Å². The summed E-state index contributed by atoms with van der Waals surface area (Å²) in [5.41, 5.74) is 0. The van der Waals surface area contributed by atoms with Gasteiger partial charge >= 0.3 is 0 Å². The number of pyridine rings is 1. The molecule has 2 aromatic rings. The van der Waals surface area contributed by atoms with Gasteiger partial charge in [-0.25, -0.2) is 4.98 Å². The Balaban J connectivity index is 1.34. The molecule has 2 atom stereocenters. The fourth-order valence-corrected chi connectivity index (χ4v) is 4.05. The first-order valence-corrected chi connectivity index (χ1v) is 8.98. The number of likely N-dealkylation sites (tertiary alicyclic amines) is 1. The summed E-state index contributed by atoms with van der Waals surface area (Å²) in [5, 5.41) is 0. The number of benzene rings is 1. The van der Waals surface area contributed by atoms with Gasteiger partial charge in [0.15, 0.2) is 0 Å². The van der Waals surface area contributed by atoms with Crippen LogP contribution in [-0.2, 0) is 0 Å². The minimum Gasteiger partial charge on any atom is -0.492 e. The quantitative estimate of drug-likeness (QED) is 0.845. The van der Waals surface area contributed by atoms with E-state index >= 15 is 0 Å². The molecule has 2 fully saturated rings. The lowest BCUT2D eigenvalue weighted by atomic mass is 9.92. The van der Waals surface area contributed by atoms with E-state index in [-0.39, 0.29) is 0 Å². The van der Waals surface area contributed by atoms with Gasteiger partial charge in [-0.2, -0.15) is 0 Å². The first kappa shape index (κ1) is 15.5. The lowest BCUT2D eigenvalue weighted by Gasteiger charge is -2.39. The van der Waals surface area contributed by atoms with Gasteiger partial charge in [-0.1, -0.05) is 24.3 Å². The van der Waals surface area contributed by atoms with Gasteiger partial charge < -0.3 is 9.64 Å². The van der Waals surface area contributed by atoms with Gasteiger partial charge in [0.25, 0.3) is 0 Å². The van der Waals surface area contributed by atoms with E-state index in [1.807, 2.05) is 42.6 Å². The van der Waals surface area contributed by atoms with E-state index in [2.05, 4.69) is 26.9 Å². The first-order valence-electron chi connectivity index (χ1n) is 8.98. The maximum atomic E-state index is 5.89. The van der Waals surface area contributed by atoms with Crippen LogP contribution >= 0.6 is 0 Å². The van der Waals surface area contributed by atoms with Crippen molar-refractivity contribution in [2.45, 2.75) is 18.9 Å². The highest BCUT2D eigenvalue weighted by molar-refractivity contribution is 5.39. The van der Waals surface area contributed by atoms with Crippen LogP contribution in [0.3, 0.4) is 0 Å². The van der Waals surface area contributed by atoms with Crippen LogP contribution in [0.15, 0.2) is 54.7 Å². The number of hydrogen-bond acceptors (Lipinski definition) is 4. The monoisotopic (exact) mass is 323 g/mol. The summed E-state index contributed by atoms with van der Waals surface area (Å²) in [7, 11) is 0. The molecule has 0 spiro atoms. The van der Waals surface area contributed by atoms with E-state index in [1.54, 1.807) is 0 Å². The van der Waals surface area contributed by atoms with Crippen molar-refractivity contribution >= 4 is 5.82 Å². The molecule has 0 bridgehead atoms. The number of anilines is 1. The minimum absolute atomic E-state index is 0.639. The predicted octanol–water partition coefficient (Wildman–Crippen LogP) is 3.06. The smallest absolute Gasteiger partial charge is 0.128 e. The highest BCUT2D eigenvalue weighted by Crippen LogP contribution is 2.32. The summed E-state index contributed by atoms with van der Waals surface area (Å²) in [6.45, 7) is 5.19. The number of para-hydroxylation sites is 1. The number of nitrogens with zero attached hydrogens (tertiary/aromatic N) is 3. The Labute approximate surface area is 144 Å². The third kappa shape index (κ3) is 3.39. The van der Waals surface area contributed by atoms with Crippen molar-refractivity contribution in [3.63, 3.8) is 0 Å². The molecule has 2 saturated heterocycles. The van der Waals surface area contributed by atoms with Crippen LogP contribution in [0.2, 0.25) is 0 Å². The van der Waals surface area contributed by atoms with Crippen LogP contribution in [0.4, 0.5) is 5.82 Å². The molecule has 4 heteroatoms. The van der Waals surface area contributed by atoms with Crippen LogP contribution in [0.5, 0.6) is 5.75 Å². The number of piperidine rings is 1. The largest absolute Gasteiger partial charge is 0.492 e. The van der Waals surface area contributed by atoms with Crippen molar-refractivity contribution in [1.82, 2.24) is 9.88 Å². The summed E-state index contributed by atoms with van der Waals surface area (Å²) in [4.78, 5) is 9.58. The third-order valence-electron chi connectivity index (χ3n) is 5.34. The molecule has 3 heterocycles. The van der Waals surface area contributed by atoms with Crippen LogP contribution in [0.1, 0.15) is 12.8 Å². The van der Waals surface area contributed by atoms with Crippen LogP contribution in [-0.4, -0.2) is 48.7 Å². The molecule has 2 unspecified atom stereocenters. The van der Waals surface area contributed by atoms with Gasteiger partial charge in [-0.15, -0.1) is 0 Å². The van der Waals surface area contributed by atoms with Gasteiger partial charge in [0, 0.05) is 31.9 Å². The Morgan fingerprint density at radius 3 is 2.67 bits per heavy atom. The highest BCUT2D eigenvalue weighted by atomic mass is 16.5. The van der Waals surface area contributed by atoms with Crippen LogP contribution < -0.4 is 9.64 Å². The van der Waals surface area contributed by atoms with Crippen molar-refractivity contribution < 1.29 is 4.74 Å². The SMILES string of the molecule is c1ccc(OCCN2CCC3CCN(c4ccccn4)CC32)cc1. The molecule has 0 amide bonds. The summed E-state index contributed by atoms with van der Waals surface area (Å²) in [5.74, 6) is 2.91. The summed E-state index contributed by atoms with van der Waals surface area (Å²) in [6.07, 6.45) is 4.49.